The van der Waals surface area contributed by atoms with Crippen molar-refractivity contribution in [3.63, 3.8) is 0 Å². The van der Waals surface area contributed by atoms with Crippen LogP contribution in [0.4, 0.5) is 0 Å². The number of carboxylic acid groups (broad SMARTS) is 1. The molecule has 1 unspecified atom stereocenters. The highest BCUT2D eigenvalue weighted by Gasteiger charge is 2.05. The summed E-state index contributed by atoms with van der Waals surface area (Å²) in [6.07, 6.45) is 12.2. The molecule has 2 heteroatoms. The maximum Gasteiger partial charge on any atom is 0.306 e. The van der Waals surface area contributed by atoms with Crippen molar-refractivity contribution < 1.29 is 9.90 Å². The Morgan fingerprint density at radius 1 is 0.882 bits per heavy atom. The fourth-order valence-corrected chi connectivity index (χ4v) is 1.38. The minimum atomic E-state index is -0.706. The monoisotopic (exact) mass is 244 g/mol. The molecule has 0 spiro atoms. The molecule has 0 saturated carbocycles. The lowest BCUT2D eigenvalue weighted by molar-refractivity contribution is -0.141. The molecule has 0 fully saturated rings. The normalized spacial score (nSPS) is 11.5. The molecule has 0 amide bonds. The van der Waals surface area contributed by atoms with Crippen molar-refractivity contribution in [2.45, 2.75) is 85.5 Å². The Kier molecular flexibility index (Phi) is 17.1. The number of carbonyl (C=O) groups is 1. The van der Waals surface area contributed by atoms with E-state index >= 15 is 0 Å². The smallest absolute Gasteiger partial charge is 0.306 e. The molecule has 1 N–H and O–H groups in total. The lowest BCUT2D eigenvalue weighted by Gasteiger charge is -1.97. The van der Waals surface area contributed by atoms with Crippen LogP contribution >= 0.6 is 0 Å². The average Bonchev–Trinajstić information content (AvgIpc) is 2.33. The Bertz CT molecular complexity index is 147. The number of hydrogen-bond acceptors (Lipinski definition) is 1. The van der Waals surface area contributed by atoms with Crippen molar-refractivity contribution >= 4 is 5.97 Å². The Labute approximate surface area is 108 Å². The second-order valence-corrected chi connectivity index (χ2v) is 4.77. The summed E-state index contributed by atoms with van der Waals surface area (Å²) in [5.41, 5.74) is 0. The molecule has 2 nitrogen and oxygen atoms in total. The molecule has 0 bridgehead atoms. The number of rotatable bonds is 9. The third-order valence-electron chi connectivity index (χ3n) is 2.99. The molecule has 0 rings (SSSR count). The summed E-state index contributed by atoms with van der Waals surface area (Å²) in [5, 5.41) is 8.18. The Morgan fingerprint density at radius 3 is 1.41 bits per heavy atom. The van der Waals surface area contributed by atoms with E-state index in [1.54, 1.807) is 6.92 Å². The quantitative estimate of drug-likeness (QED) is 0.561. The largest absolute Gasteiger partial charge is 0.481 e. The van der Waals surface area contributed by atoms with E-state index < -0.39 is 5.97 Å². The summed E-state index contributed by atoms with van der Waals surface area (Å²) in [6.45, 7) is 8.10. The van der Waals surface area contributed by atoms with Gasteiger partial charge < -0.3 is 5.11 Å². The van der Waals surface area contributed by atoms with Gasteiger partial charge in [-0.2, -0.15) is 0 Å². The standard InChI is InChI=1S/C10H22.C5H10O2/c1-3-5-7-9-10-8-6-4-2;1-3-4(2)5(6)7/h3-10H2,1-2H3;4H,3H2,1-2H3,(H,6,7). The first-order valence-corrected chi connectivity index (χ1v) is 7.32. The van der Waals surface area contributed by atoms with Gasteiger partial charge in [0, 0.05) is 0 Å². The van der Waals surface area contributed by atoms with Gasteiger partial charge >= 0.3 is 5.97 Å². The molecule has 0 aromatic heterocycles. The summed E-state index contributed by atoms with van der Waals surface area (Å²) in [5.74, 6) is -0.887. The summed E-state index contributed by atoms with van der Waals surface area (Å²) in [7, 11) is 0. The van der Waals surface area contributed by atoms with Gasteiger partial charge in [0.05, 0.1) is 5.92 Å². The Balaban J connectivity index is 0. The van der Waals surface area contributed by atoms with Crippen LogP contribution in [0.5, 0.6) is 0 Å². The first kappa shape index (κ1) is 18.8. The molecule has 17 heavy (non-hydrogen) atoms. The van der Waals surface area contributed by atoms with E-state index in [1.165, 1.54) is 51.4 Å². The molecule has 104 valence electrons. The highest BCUT2D eigenvalue weighted by molar-refractivity contribution is 5.69. The van der Waals surface area contributed by atoms with E-state index in [0.29, 0.717) is 0 Å². The van der Waals surface area contributed by atoms with Gasteiger partial charge in [-0.15, -0.1) is 0 Å². The lowest BCUT2D eigenvalue weighted by atomic mass is 10.1. The van der Waals surface area contributed by atoms with Crippen molar-refractivity contribution in [1.82, 2.24) is 0 Å². The van der Waals surface area contributed by atoms with Crippen molar-refractivity contribution in [3.8, 4) is 0 Å². The number of carboxylic acids is 1. The summed E-state index contributed by atoms with van der Waals surface area (Å²) >= 11 is 0. The predicted octanol–water partition coefficient (Wildman–Crippen LogP) is 5.26. The SMILES string of the molecule is CCC(C)C(=O)O.CCCCCCCCCC. The Morgan fingerprint density at radius 2 is 1.24 bits per heavy atom. The zero-order valence-electron chi connectivity index (χ0n) is 12.3. The molecule has 0 aromatic carbocycles. The minimum Gasteiger partial charge on any atom is -0.481 e. The third kappa shape index (κ3) is 18.1. The molecular weight excluding hydrogens is 212 g/mol. The second-order valence-electron chi connectivity index (χ2n) is 4.77. The molecule has 0 radical (unpaired) electrons. The highest BCUT2D eigenvalue weighted by Crippen LogP contribution is 2.07. The van der Waals surface area contributed by atoms with E-state index in [9.17, 15) is 4.79 Å². The maximum atomic E-state index is 9.93. The molecular formula is C15H32O2. The van der Waals surface area contributed by atoms with Gasteiger partial charge in [-0.25, -0.2) is 0 Å². The molecule has 0 aliphatic rings. The van der Waals surface area contributed by atoms with Gasteiger partial charge in [-0.1, -0.05) is 79.1 Å². The highest BCUT2D eigenvalue weighted by atomic mass is 16.4. The van der Waals surface area contributed by atoms with Crippen LogP contribution in [0, 0.1) is 5.92 Å². The number of unbranched alkanes of at least 4 members (excludes halogenated alkanes) is 7. The maximum absolute atomic E-state index is 9.93. The van der Waals surface area contributed by atoms with Crippen LogP contribution < -0.4 is 0 Å². The van der Waals surface area contributed by atoms with Crippen molar-refractivity contribution in [1.29, 1.82) is 0 Å². The van der Waals surface area contributed by atoms with Crippen LogP contribution in [0.1, 0.15) is 85.5 Å². The van der Waals surface area contributed by atoms with E-state index in [2.05, 4.69) is 13.8 Å². The Hall–Kier alpha value is -0.530. The van der Waals surface area contributed by atoms with Crippen molar-refractivity contribution in [2.24, 2.45) is 5.92 Å². The van der Waals surface area contributed by atoms with Gasteiger partial charge in [-0.05, 0) is 6.42 Å². The zero-order chi connectivity index (χ0) is 13.5. The van der Waals surface area contributed by atoms with E-state index in [-0.39, 0.29) is 5.92 Å². The molecule has 1 atom stereocenters. The zero-order valence-corrected chi connectivity index (χ0v) is 12.3. The minimum absolute atomic E-state index is 0.181. The van der Waals surface area contributed by atoms with Gasteiger partial charge in [0.2, 0.25) is 0 Å². The molecule has 0 aromatic rings. The fourth-order valence-electron chi connectivity index (χ4n) is 1.38. The van der Waals surface area contributed by atoms with Gasteiger partial charge in [0.1, 0.15) is 0 Å². The van der Waals surface area contributed by atoms with Crippen LogP contribution in [0.15, 0.2) is 0 Å². The van der Waals surface area contributed by atoms with E-state index in [4.69, 9.17) is 5.11 Å². The number of hydrogen-bond donors (Lipinski definition) is 1. The summed E-state index contributed by atoms with van der Waals surface area (Å²) in [4.78, 5) is 9.93. The molecule has 0 heterocycles. The first-order valence-electron chi connectivity index (χ1n) is 7.32. The van der Waals surface area contributed by atoms with Crippen LogP contribution in [-0.4, -0.2) is 11.1 Å². The second kappa shape index (κ2) is 15.5. The summed E-state index contributed by atoms with van der Waals surface area (Å²) < 4.78 is 0. The van der Waals surface area contributed by atoms with Crippen molar-refractivity contribution in [3.05, 3.63) is 0 Å². The first-order chi connectivity index (χ1) is 8.09. The van der Waals surface area contributed by atoms with Gasteiger partial charge in [0.25, 0.3) is 0 Å². The average molecular weight is 244 g/mol. The van der Waals surface area contributed by atoms with Crippen molar-refractivity contribution in [2.75, 3.05) is 0 Å². The van der Waals surface area contributed by atoms with E-state index in [0.717, 1.165) is 6.42 Å². The van der Waals surface area contributed by atoms with Gasteiger partial charge in [-0.3, -0.25) is 4.79 Å². The summed E-state index contributed by atoms with van der Waals surface area (Å²) in [6, 6.07) is 0. The fraction of sp³-hybridized carbons (Fsp3) is 0.933. The topological polar surface area (TPSA) is 37.3 Å². The predicted molar refractivity (Wildman–Crippen MR) is 75.4 cm³/mol. The third-order valence-corrected chi connectivity index (χ3v) is 2.99. The van der Waals surface area contributed by atoms with Crippen LogP contribution in [0.3, 0.4) is 0 Å². The molecule has 0 aliphatic heterocycles. The van der Waals surface area contributed by atoms with Crippen LogP contribution in [0.25, 0.3) is 0 Å². The molecule has 0 saturated heterocycles. The lowest BCUT2D eigenvalue weighted by Crippen LogP contribution is -2.06. The van der Waals surface area contributed by atoms with Crippen LogP contribution in [0.2, 0.25) is 0 Å². The van der Waals surface area contributed by atoms with Gasteiger partial charge in [0.15, 0.2) is 0 Å². The van der Waals surface area contributed by atoms with Crippen LogP contribution in [-0.2, 0) is 4.79 Å². The number of aliphatic carboxylic acids is 1. The molecule has 0 aliphatic carbocycles. The van der Waals surface area contributed by atoms with E-state index in [1.807, 2.05) is 6.92 Å².